The van der Waals surface area contributed by atoms with Crippen molar-refractivity contribution >= 4 is 73.5 Å². The van der Waals surface area contributed by atoms with Crippen molar-refractivity contribution in [3.8, 4) is 0 Å². The SMILES string of the molecule is CO/N=C(/C(=O)NC1C(=O)N2C(C(=O)[O-])=C(C[n+]3cccc4ccsc43)CSC12)c1nsc(N)n1. The number of nitrogens with zero attached hydrogens (tertiary/aromatic N) is 5. The summed E-state index contributed by atoms with van der Waals surface area (Å²) in [7, 11) is 1.25. The summed E-state index contributed by atoms with van der Waals surface area (Å²) in [5.74, 6) is -2.43. The monoisotopic (exact) mass is 531 g/mol. The average molecular weight is 532 g/mol. The number of carboxylic acids is 1. The number of rotatable bonds is 7. The van der Waals surface area contributed by atoms with Crippen LogP contribution in [0.1, 0.15) is 5.82 Å². The smallest absolute Gasteiger partial charge is 0.278 e. The molecule has 15 heteroatoms. The Balaban J connectivity index is 1.38. The number of carboxylic acid groups (broad SMARTS) is 1. The first-order valence-electron chi connectivity index (χ1n) is 10.1. The molecule has 2 aliphatic heterocycles. The number of nitrogen functional groups attached to an aromatic ring is 1. The Labute approximate surface area is 210 Å². The molecule has 2 amide bonds. The summed E-state index contributed by atoms with van der Waals surface area (Å²) in [5.41, 5.74) is 5.73. The fraction of sp³-hybridized carbons (Fsp3) is 0.250. The van der Waals surface area contributed by atoms with Crippen LogP contribution >= 0.6 is 34.6 Å². The van der Waals surface area contributed by atoms with Gasteiger partial charge in [0.15, 0.2) is 17.9 Å². The summed E-state index contributed by atoms with van der Waals surface area (Å²) in [6.45, 7) is 0.295. The number of pyridine rings is 1. The summed E-state index contributed by atoms with van der Waals surface area (Å²) in [6, 6.07) is 4.89. The third kappa shape index (κ3) is 4.11. The number of aromatic nitrogens is 3. The van der Waals surface area contributed by atoms with Crippen LogP contribution in [0.25, 0.3) is 10.2 Å². The zero-order valence-electron chi connectivity index (χ0n) is 18.0. The first kappa shape index (κ1) is 23.2. The average Bonchev–Trinajstić information content (AvgIpc) is 3.49. The molecule has 5 rings (SSSR count). The van der Waals surface area contributed by atoms with E-state index in [1.54, 1.807) is 11.3 Å². The number of hydrogen-bond acceptors (Lipinski definition) is 12. The largest absolute Gasteiger partial charge is 0.543 e. The summed E-state index contributed by atoms with van der Waals surface area (Å²) in [5, 5.41) is 20.9. The third-order valence-electron chi connectivity index (χ3n) is 5.42. The molecule has 0 radical (unpaired) electrons. The van der Waals surface area contributed by atoms with Crippen molar-refractivity contribution in [2.75, 3.05) is 18.6 Å². The van der Waals surface area contributed by atoms with Gasteiger partial charge in [0.05, 0.1) is 17.1 Å². The zero-order chi connectivity index (χ0) is 24.7. The summed E-state index contributed by atoms with van der Waals surface area (Å²) in [6.07, 6.45) is 1.87. The number of nitrogens with one attached hydrogen (secondary N) is 1. The number of oxime groups is 1. The maximum Gasteiger partial charge on any atom is 0.278 e. The van der Waals surface area contributed by atoms with E-state index in [1.165, 1.54) is 23.8 Å². The van der Waals surface area contributed by atoms with Crippen LogP contribution in [0.2, 0.25) is 0 Å². The molecule has 0 aliphatic carbocycles. The van der Waals surface area contributed by atoms with Crippen LogP contribution in [-0.4, -0.2) is 62.0 Å². The topological polar surface area (TPSA) is 167 Å². The van der Waals surface area contributed by atoms with Crippen molar-refractivity contribution in [1.82, 2.24) is 19.6 Å². The summed E-state index contributed by atoms with van der Waals surface area (Å²) >= 11 is 3.78. The highest BCUT2D eigenvalue weighted by molar-refractivity contribution is 8.00. The van der Waals surface area contributed by atoms with E-state index in [2.05, 4.69) is 19.8 Å². The molecule has 0 aromatic carbocycles. The van der Waals surface area contributed by atoms with E-state index in [4.69, 9.17) is 10.6 Å². The van der Waals surface area contributed by atoms with Gasteiger partial charge in [0.1, 0.15) is 18.5 Å². The maximum absolute atomic E-state index is 13.0. The van der Waals surface area contributed by atoms with Gasteiger partial charge in [-0.25, -0.2) is 0 Å². The Morgan fingerprint density at radius 2 is 2.26 bits per heavy atom. The molecule has 0 spiro atoms. The van der Waals surface area contributed by atoms with Crippen LogP contribution < -0.4 is 20.7 Å². The molecule has 2 atom stereocenters. The van der Waals surface area contributed by atoms with Gasteiger partial charge in [0.25, 0.3) is 16.6 Å². The number of thiophene rings is 1. The van der Waals surface area contributed by atoms with E-state index >= 15 is 0 Å². The molecule has 3 aromatic rings. The Bertz CT molecular complexity index is 1410. The number of anilines is 1. The fourth-order valence-corrected chi connectivity index (χ4v) is 6.58. The maximum atomic E-state index is 13.0. The molecule has 3 N–H and O–H groups in total. The van der Waals surface area contributed by atoms with Gasteiger partial charge >= 0.3 is 0 Å². The van der Waals surface area contributed by atoms with E-state index in [9.17, 15) is 19.5 Å². The highest BCUT2D eigenvalue weighted by Crippen LogP contribution is 2.40. The summed E-state index contributed by atoms with van der Waals surface area (Å²) in [4.78, 5) is 48.7. The van der Waals surface area contributed by atoms with E-state index < -0.39 is 29.2 Å². The quantitative estimate of drug-likeness (QED) is 0.170. The normalized spacial score (nSPS) is 20.0. The van der Waals surface area contributed by atoms with E-state index in [0.29, 0.717) is 17.9 Å². The Hall–Kier alpha value is -3.56. The lowest BCUT2D eigenvalue weighted by Crippen LogP contribution is -2.71. The van der Waals surface area contributed by atoms with Crippen molar-refractivity contribution in [3.05, 3.63) is 46.9 Å². The van der Waals surface area contributed by atoms with Gasteiger partial charge in [-0.15, -0.1) is 11.8 Å². The fourth-order valence-electron chi connectivity index (χ4n) is 3.93. The van der Waals surface area contributed by atoms with E-state index in [-0.39, 0.29) is 22.4 Å². The van der Waals surface area contributed by atoms with Crippen LogP contribution in [0.5, 0.6) is 0 Å². The first-order chi connectivity index (χ1) is 16.9. The second-order valence-electron chi connectivity index (χ2n) is 7.50. The highest BCUT2D eigenvalue weighted by atomic mass is 32.2. The van der Waals surface area contributed by atoms with E-state index in [0.717, 1.165) is 21.7 Å². The minimum absolute atomic E-state index is 0.0378. The number of hydrogen-bond donors (Lipinski definition) is 2. The molecule has 3 aromatic heterocycles. The molecule has 35 heavy (non-hydrogen) atoms. The first-order valence-corrected chi connectivity index (χ1v) is 12.8. The molecule has 5 heterocycles. The standard InChI is InChI=1S/C20H17N7O5S3/c1-32-24-11(14-23-20(21)35-25-14)15(28)22-12-16(29)27-13(19(30)31)10(8-34-18(12)27)7-26-5-2-3-9-4-6-33-17(9)26/h2-6,12,18H,7-8H2,1H3,(H3-,21,22,23,25,28,30,31)/b24-11+. The van der Waals surface area contributed by atoms with Gasteiger partial charge in [-0.1, -0.05) is 16.5 Å². The van der Waals surface area contributed by atoms with E-state index in [1.807, 2.05) is 34.3 Å². The highest BCUT2D eigenvalue weighted by Gasteiger charge is 2.53. The Kier molecular flexibility index (Phi) is 6.12. The minimum Gasteiger partial charge on any atom is -0.543 e. The lowest BCUT2D eigenvalue weighted by Gasteiger charge is -2.50. The number of thioether (sulfide) groups is 1. The number of carbonyl (C=O) groups excluding carboxylic acids is 3. The molecule has 1 saturated heterocycles. The molecule has 0 saturated carbocycles. The van der Waals surface area contributed by atoms with Crippen LogP contribution in [0.4, 0.5) is 5.13 Å². The molecule has 12 nitrogen and oxygen atoms in total. The lowest BCUT2D eigenvalue weighted by molar-refractivity contribution is -0.661. The van der Waals surface area contributed by atoms with Crippen molar-refractivity contribution in [1.29, 1.82) is 0 Å². The van der Waals surface area contributed by atoms with Gasteiger partial charge in [0.2, 0.25) is 11.5 Å². The van der Waals surface area contributed by atoms with Gasteiger partial charge < -0.3 is 25.8 Å². The van der Waals surface area contributed by atoms with Crippen molar-refractivity contribution in [2.45, 2.75) is 18.0 Å². The van der Waals surface area contributed by atoms with Crippen molar-refractivity contribution in [2.24, 2.45) is 5.16 Å². The number of β-lactam (4-membered cyclic amide) rings is 1. The predicted molar refractivity (Wildman–Crippen MR) is 127 cm³/mol. The van der Waals surface area contributed by atoms with Crippen molar-refractivity contribution < 1.29 is 28.9 Å². The number of aliphatic carboxylic acids is 1. The molecular formula is C20H17N7O5S3. The second kappa shape index (κ2) is 9.24. The molecule has 1 fully saturated rings. The molecule has 180 valence electrons. The molecule has 0 bridgehead atoms. The third-order valence-corrected chi connectivity index (χ3v) is 8.26. The number of carbonyl (C=O) groups is 3. The molecular weight excluding hydrogens is 514 g/mol. The van der Waals surface area contributed by atoms with Crippen molar-refractivity contribution in [3.63, 3.8) is 0 Å². The molecule has 2 unspecified atom stereocenters. The Morgan fingerprint density at radius 3 is 2.97 bits per heavy atom. The van der Waals surface area contributed by atoms with Crippen LogP contribution in [-0.2, 0) is 25.8 Å². The number of amides is 2. The van der Waals surface area contributed by atoms with Crippen LogP contribution in [0.3, 0.4) is 0 Å². The molecule has 2 aliphatic rings. The Morgan fingerprint density at radius 1 is 1.43 bits per heavy atom. The lowest BCUT2D eigenvalue weighted by atomic mass is 10.0. The van der Waals surface area contributed by atoms with Gasteiger partial charge in [0, 0.05) is 28.9 Å². The van der Waals surface area contributed by atoms with Gasteiger partial charge in [-0.3, -0.25) is 14.5 Å². The van der Waals surface area contributed by atoms with Crippen LogP contribution in [0.15, 0.2) is 46.2 Å². The second-order valence-corrected chi connectivity index (χ2v) is 10.3. The number of fused-ring (bicyclic) bond motifs is 2. The van der Waals surface area contributed by atoms with Gasteiger partial charge in [-0.2, -0.15) is 13.9 Å². The predicted octanol–water partition coefficient (Wildman–Crippen LogP) is -0.923. The van der Waals surface area contributed by atoms with Gasteiger partial charge in [-0.05, 0) is 17.5 Å². The number of nitrogens with two attached hydrogens (primary N) is 1. The minimum atomic E-state index is -1.44. The summed E-state index contributed by atoms with van der Waals surface area (Å²) < 4.78 is 5.90. The zero-order valence-corrected chi connectivity index (χ0v) is 20.5. The van der Waals surface area contributed by atoms with Crippen LogP contribution in [0, 0.1) is 0 Å².